The molecule has 1 aliphatic carbocycles. The van der Waals surface area contributed by atoms with Gasteiger partial charge in [-0.3, -0.25) is 10.6 Å². The van der Waals surface area contributed by atoms with Crippen molar-refractivity contribution < 1.29 is 35.0 Å². The lowest BCUT2D eigenvalue weighted by atomic mass is 9.58. The van der Waals surface area contributed by atoms with Gasteiger partial charge in [0.25, 0.3) is 0 Å². The van der Waals surface area contributed by atoms with Gasteiger partial charge in [0.05, 0.1) is 11.5 Å². The molecular formula is C10H17N3O7. The van der Waals surface area contributed by atoms with Crippen LogP contribution in [0.4, 0.5) is 0 Å². The van der Waals surface area contributed by atoms with Gasteiger partial charge in [-0.1, -0.05) is 0 Å². The van der Waals surface area contributed by atoms with E-state index >= 15 is 0 Å². The van der Waals surface area contributed by atoms with Crippen molar-refractivity contribution in [3.05, 3.63) is 0 Å². The van der Waals surface area contributed by atoms with Crippen LogP contribution in [-0.4, -0.2) is 80.1 Å². The number of nitrogens with two attached hydrogens (primary N) is 1. The topological polar surface area (TPSA) is 170 Å². The molecule has 1 saturated carbocycles. The predicted molar refractivity (Wildman–Crippen MR) is 59.2 cm³/mol. The molecule has 4 aliphatic heterocycles. The number of nitrogens with one attached hydrogen (secondary N) is 2. The van der Waals surface area contributed by atoms with Crippen molar-refractivity contribution in [3.8, 4) is 0 Å². The van der Waals surface area contributed by atoms with E-state index in [9.17, 15) is 25.5 Å². The number of ether oxygens (including phenoxy) is 2. The summed E-state index contributed by atoms with van der Waals surface area (Å²) in [6, 6.07) is 0. The van der Waals surface area contributed by atoms with Gasteiger partial charge in [-0.15, -0.1) is 0 Å². The predicted octanol–water partition coefficient (Wildman–Crippen LogP) is -5.37. The van der Waals surface area contributed by atoms with Gasteiger partial charge in [0.15, 0.2) is 6.10 Å². The number of aliphatic hydroxyl groups is 5. The Hall–Kier alpha value is -0.400. The van der Waals surface area contributed by atoms with Crippen molar-refractivity contribution in [1.82, 2.24) is 10.6 Å². The normalized spacial score (nSPS) is 68.1. The van der Waals surface area contributed by atoms with E-state index in [1.165, 1.54) is 0 Å². The molecule has 0 amide bonds. The molecule has 10 heteroatoms. The first-order valence-electron chi connectivity index (χ1n) is 6.41. The number of aliphatic hydroxyl groups excluding tert-OH is 4. The molecule has 4 bridgehead atoms. The fourth-order valence-corrected chi connectivity index (χ4v) is 4.10. The lowest BCUT2D eigenvalue weighted by Crippen LogP contribution is -2.95. The van der Waals surface area contributed by atoms with Crippen LogP contribution in [0.5, 0.6) is 0 Å². The van der Waals surface area contributed by atoms with Gasteiger partial charge in [-0.2, -0.15) is 0 Å². The summed E-state index contributed by atoms with van der Waals surface area (Å²) in [5.41, 5.74) is 4.16. The summed E-state index contributed by atoms with van der Waals surface area (Å²) in [4.78, 5) is 0. The maximum Gasteiger partial charge on any atom is 0.310 e. The summed E-state index contributed by atoms with van der Waals surface area (Å²) in [5.74, 6) is -3.27. The van der Waals surface area contributed by atoms with Crippen LogP contribution >= 0.6 is 0 Å². The summed E-state index contributed by atoms with van der Waals surface area (Å²) in [7, 11) is 0. The number of rotatable bonds is 0. The highest BCUT2D eigenvalue weighted by Gasteiger charge is 2.79. The Labute approximate surface area is 113 Å². The van der Waals surface area contributed by atoms with Crippen LogP contribution in [0.3, 0.4) is 0 Å². The van der Waals surface area contributed by atoms with Crippen LogP contribution in [0, 0.1) is 5.92 Å². The third-order valence-electron chi connectivity index (χ3n) is 4.88. The fourth-order valence-electron chi connectivity index (χ4n) is 4.10. The minimum Gasteiger partial charge on any atom is -0.388 e. The Kier molecular flexibility index (Phi) is 2.44. The van der Waals surface area contributed by atoms with Crippen LogP contribution in [0.25, 0.3) is 0 Å². The van der Waals surface area contributed by atoms with Gasteiger partial charge in [-0.25, -0.2) is 0 Å². The molecule has 0 aromatic heterocycles. The van der Waals surface area contributed by atoms with Gasteiger partial charge in [0.2, 0.25) is 0 Å². The summed E-state index contributed by atoms with van der Waals surface area (Å²) in [6.45, 7) is 0. The maximum atomic E-state index is 10.4. The Bertz CT molecular complexity index is 455. The van der Waals surface area contributed by atoms with E-state index < -0.39 is 60.5 Å². The quantitative estimate of drug-likeness (QED) is 0.215. The third-order valence-corrected chi connectivity index (χ3v) is 4.88. The zero-order chi connectivity index (χ0) is 14.4. The smallest absolute Gasteiger partial charge is 0.310 e. The Morgan fingerprint density at radius 2 is 1.70 bits per heavy atom. The molecule has 0 radical (unpaired) electrons. The first-order chi connectivity index (χ1) is 9.31. The summed E-state index contributed by atoms with van der Waals surface area (Å²) in [6.07, 6.45) is -8.63. The van der Waals surface area contributed by atoms with E-state index in [4.69, 9.17) is 15.2 Å². The molecule has 10 nitrogen and oxygen atoms in total. The van der Waals surface area contributed by atoms with Crippen LogP contribution < -0.4 is 16.4 Å². The average Bonchev–Trinajstić information content (AvgIpc) is 2.36. The van der Waals surface area contributed by atoms with Crippen molar-refractivity contribution in [3.63, 3.8) is 0 Å². The molecule has 114 valence electrons. The second kappa shape index (κ2) is 3.67. The molecule has 5 rings (SSSR count). The number of hydrogen-bond acceptors (Lipinski definition) is 10. The van der Waals surface area contributed by atoms with E-state index in [0.29, 0.717) is 0 Å². The first kappa shape index (κ1) is 13.3. The molecule has 4 saturated heterocycles. The van der Waals surface area contributed by atoms with Gasteiger partial charge in [-0.05, 0) is 0 Å². The fraction of sp³-hybridized carbons (Fsp3) is 1.00. The zero-order valence-corrected chi connectivity index (χ0v) is 10.2. The second-order valence-corrected chi connectivity index (χ2v) is 5.83. The summed E-state index contributed by atoms with van der Waals surface area (Å²) in [5, 5.41) is 56.6. The van der Waals surface area contributed by atoms with Crippen molar-refractivity contribution in [2.75, 3.05) is 0 Å². The van der Waals surface area contributed by atoms with E-state index in [-0.39, 0.29) is 0 Å². The number of hydrogen-bond donors (Lipinski definition) is 8. The van der Waals surface area contributed by atoms with Gasteiger partial charge in [0.1, 0.15) is 36.9 Å². The average molecular weight is 291 g/mol. The largest absolute Gasteiger partial charge is 0.388 e. The zero-order valence-electron chi connectivity index (χ0n) is 10.2. The molecule has 0 aromatic carbocycles. The second-order valence-electron chi connectivity index (χ2n) is 5.83. The van der Waals surface area contributed by atoms with Crippen molar-refractivity contribution in [2.24, 2.45) is 11.7 Å². The highest BCUT2D eigenvalue weighted by molar-refractivity contribution is 5.25. The molecule has 5 aliphatic rings. The molecule has 5 fully saturated rings. The summed E-state index contributed by atoms with van der Waals surface area (Å²) >= 11 is 0. The minimum atomic E-state index is -2.35. The molecule has 0 aromatic rings. The molecule has 4 heterocycles. The van der Waals surface area contributed by atoms with E-state index in [2.05, 4.69) is 10.6 Å². The standard InChI is InChI=1S/C10H17N3O7/c11-8-12-6(16)1-3-2(14)4-5(15)9(1,13-8)7(17)10(18,19-3)20-4/h1-8,12-18H,11H2. The van der Waals surface area contributed by atoms with Crippen molar-refractivity contribution in [1.29, 1.82) is 0 Å². The summed E-state index contributed by atoms with van der Waals surface area (Å²) < 4.78 is 10.3. The SMILES string of the molecule is NC1NC(O)C2C3OC4(O)OC(C3O)C(O)C2(N1)C4O. The third kappa shape index (κ3) is 1.24. The molecule has 10 atom stereocenters. The Morgan fingerprint density at radius 1 is 1.05 bits per heavy atom. The minimum absolute atomic E-state index is 0.914. The van der Waals surface area contributed by atoms with Crippen LogP contribution in [0.2, 0.25) is 0 Å². The van der Waals surface area contributed by atoms with E-state index in [0.717, 1.165) is 0 Å². The Morgan fingerprint density at radius 3 is 2.40 bits per heavy atom. The van der Waals surface area contributed by atoms with Gasteiger partial charge < -0.3 is 40.7 Å². The first-order valence-corrected chi connectivity index (χ1v) is 6.41. The monoisotopic (exact) mass is 291 g/mol. The maximum absolute atomic E-state index is 10.4. The van der Waals surface area contributed by atoms with E-state index in [1.54, 1.807) is 0 Å². The van der Waals surface area contributed by atoms with Crippen LogP contribution in [0.15, 0.2) is 0 Å². The highest BCUT2D eigenvalue weighted by atomic mass is 16.9. The molecular weight excluding hydrogens is 274 g/mol. The molecule has 1 spiro atoms. The van der Waals surface area contributed by atoms with Gasteiger partial charge in [0, 0.05) is 0 Å². The highest BCUT2D eigenvalue weighted by Crippen LogP contribution is 2.55. The lowest BCUT2D eigenvalue weighted by Gasteiger charge is -2.70. The van der Waals surface area contributed by atoms with Crippen molar-refractivity contribution >= 4 is 0 Å². The van der Waals surface area contributed by atoms with Crippen LogP contribution in [0.1, 0.15) is 0 Å². The van der Waals surface area contributed by atoms with Crippen LogP contribution in [-0.2, 0) is 9.47 Å². The van der Waals surface area contributed by atoms with E-state index in [1.807, 2.05) is 0 Å². The molecule has 20 heavy (non-hydrogen) atoms. The van der Waals surface area contributed by atoms with Gasteiger partial charge >= 0.3 is 5.97 Å². The molecule has 9 N–H and O–H groups in total. The lowest BCUT2D eigenvalue weighted by molar-refractivity contribution is -0.535. The van der Waals surface area contributed by atoms with Crippen molar-refractivity contribution in [2.45, 2.75) is 54.5 Å². The Balaban J connectivity index is 1.88. The molecule has 10 unspecified atom stereocenters.